The van der Waals surface area contributed by atoms with Crippen LogP contribution < -0.4 is 11.3 Å². The van der Waals surface area contributed by atoms with E-state index in [0.29, 0.717) is 18.8 Å². The van der Waals surface area contributed by atoms with Gasteiger partial charge in [0, 0.05) is 25.5 Å². The minimum Gasteiger partial charge on any atom is -0.373 e. The predicted octanol–water partition coefficient (Wildman–Crippen LogP) is 0.165. The van der Waals surface area contributed by atoms with Crippen molar-refractivity contribution in [3.8, 4) is 0 Å². The van der Waals surface area contributed by atoms with Gasteiger partial charge in [0.1, 0.15) is 4.90 Å². The lowest BCUT2D eigenvalue weighted by Crippen LogP contribution is -2.48. The zero-order valence-electron chi connectivity index (χ0n) is 10.9. The molecule has 2 heterocycles. The summed E-state index contributed by atoms with van der Waals surface area (Å²) in [6.07, 6.45) is 2.52. The number of nitrogens with zero attached hydrogens (tertiary/aromatic N) is 2. The second kappa shape index (κ2) is 5.41. The lowest BCUT2D eigenvalue weighted by molar-refractivity contribution is -0.0440. The van der Waals surface area contributed by atoms with Gasteiger partial charge in [0.15, 0.2) is 0 Å². The van der Waals surface area contributed by atoms with Gasteiger partial charge in [-0.3, -0.25) is 10.8 Å². The number of ether oxygens (including phenoxy) is 1. The Morgan fingerprint density at radius 2 is 2.05 bits per heavy atom. The van der Waals surface area contributed by atoms with Crippen LogP contribution in [0.4, 0.5) is 5.69 Å². The SMILES string of the molecule is CC1CN(S(=O)(=O)c2cnccc2NN)CC(C)O1. The fraction of sp³-hybridized carbons (Fsp3) is 0.545. The molecule has 1 fully saturated rings. The molecule has 7 nitrogen and oxygen atoms in total. The van der Waals surface area contributed by atoms with Crippen molar-refractivity contribution in [2.45, 2.75) is 31.0 Å². The van der Waals surface area contributed by atoms with E-state index in [1.54, 1.807) is 0 Å². The highest BCUT2D eigenvalue weighted by atomic mass is 32.2. The number of sulfonamides is 1. The molecule has 2 rings (SSSR count). The average molecular weight is 286 g/mol. The van der Waals surface area contributed by atoms with Gasteiger partial charge in [0.05, 0.1) is 17.9 Å². The van der Waals surface area contributed by atoms with E-state index >= 15 is 0 Å². The molecule has 0 spiro atoms. The molecule has 1 aromatic heterocycles. The van der Waals surface area contributed by atoms with Crippen molar-refractivity contribution in [3.05, 3.63) is 18.5 Å². The first-order valence-electron chi connectivity index (χ1n) is 6.01. The van der Waals surface area contributed by atoms with Crippen LogP contribution in [0.15, 0.2) is 23.4 Å². The Morgan fingerprint density at radius 1 is 1.42 bits per heavy atom. The number of hydrogen-bond acceptors (Lipinski definition) is 6. The molecule has 106 valence electrons. The number of anilines is 1. The van der Waals surface area contributed by atoms with Crippen molar-refractivity contribution in [2.75, 3.05) is 18.5 Å². The Balaban J connectivity index is 2.36. The molecule has 0 saturated carbocycles. The molecular weight excluding hydrogens is 268 g/mol. The van der Waals surface area contributed by atoms with E-state index in [-0.39, 0.29) is 17.1 Å². The highest BCUT2D eigenvalue weighted by molar-refractivity contribution is 7.89. The molecule has 0 amide bonds. The maximum absolute atomic E-state index is 12.6. The Morgan fingerprint density at radius 3 is 2.63 bits per heavy atom. The molecule has 0 bridgehead atoms. The molecule has 0 aliphatic carbocycles. The van der Waals surface area contributed by atoms with Crippen LogP contribution in [0.3, 0.4) is 0 Å². The second-order valence-electron chi connectivity index (χ2n) is 4.60. The van der Waals surface area contributed by atoms with E-state index in [2.05, 4.69) is 10.4 Å². The first-order chi connectivity index (χ1) is 8.95. The molecule has 1 aliphatic heterocycles. The third-order valence-corrected chi connectivity index (χ3v) is 4.80. The Kier molecular flexibility index (Phi) is 4.04. The Labute approximate surface area is 112 Å². The number of morpholine rings is 1. The lowest BCUT2D eigenvalue weighted by atomic mass is 10.3. The molecule has 1 saturated heterocycles. The Bertz CT molecular complexity index is 539. The summed E-state index contributed by atoms with van der Waals surface area (Å²) in [6.45, 7) is 4.35. The van der Waals surface area contributed by atoms with Gasteiger partial charge in [-0.1, -0.05) is 0 Å². The van der Waals surface area contributed by atoms with E-state index in [1.165, 1.54) is 22.8 Å². The topological polar surface area (TPSA) is 97.6 Å². The molecule has 0 aromatic carbocycles. The summed E-state index contributed by atoms with van der Waals surface area (Å²) in [5.41, 5.74) is 2.72. The standard InChI is InChI=1S/C11H18N4O3S/c1-8-6-15(7-9(2)18-8)19(16,17)11-5-13-4-3-10(11)14-12/h3-5,8-9H,6-7,12H2,1-2H3,(H,13,14). The fourth-order valence-electron chi connectivity index (χ4n) is 2.17. The highest BCUT2D eigenvalue weighted by Gasteiger charge is 2.33. The normalized spacial score (nSPS) is 25.2. The summed E-state index contributed by atoms with van der Waals surface area (Å²) in [4.78, 5) is 3.94. The van der Waals surface area contributed by atoms with Gasteiger partial charge in [0.25, 0.3) is 0 Å². The summed E-state index contributed by atoms with van der Waals surface area (Å²) in [5, 5.41) is 0. The predicted molar refractivity (Wildman–Crippen MR) is 70.8 cm³/mol. The molecule has 2 atom stereocenters. The van der Waals surface area contributed by atoms with Crippen LogP contribution >= 0.6 is 0 Å². The smallest absolute Gasteiger partial charge is 0.246 e. The third kappa shape index (κ3) is 2.86. The third-order valence-electron chi connectivity index (χ3n) is 2.94. The van der Waals surface area contributed by atoms with Gasteiger partial charge in [-0.25, -0.2) is 8.42 Å². The van der Waals surface area contributed by atoms with E-state index in [1.807, 2.05) is 13.8 Å². The number of nitrogens with two attached hydrogens (primary N) is 1. The van der Waals surface area contributed by atoms with E-state index in [9.17, 15) is 8.42 Å². The minimum atomic E-state index is -3.62. The van der Waals surface area contributed by atoms with Crippen molar-refractivity contribution in [1.82, 2.24) is 9.29 Å². The van der Waals surface area contributed by atoms with Crippen LogP contribution in [0.25, 0.3) is 0 Å². The van der Waals surface area contributed by atoms with E-state index in [0.717, 1.165) is 0 Å². The zero-order valence-corrected chi connectivity index (χ0v) is 11.7. The number of hydrogen-bond donors (Lipinski definition) is 2. The summed E-state index contributed by atoms with van der Waals surface area (Å²) in [5.74, 6) is 5.35. The number of rotatable bonds is 3. The molecule has 0 radical (unpaired) electrons. The molecular formula is C11H18N4O3S. The summed E-state index contributed by atoms with van der Waals surface area (Å²) in [6, 6.07) is 1.53. The second-order valence-corrected chi connectivity index (χ2v) is 6.50. The molecule has 1 aliphatic rings. The van der Waals surface area contributed by atoms with Crippen molar-refractivity contribution in [2.24, 2.45) is 5.84 Å². The van der Waals surface area contributed by atoms with E-state index in [4.69, 9.17) is 10.6 Å². The van der Waals surface area contributed by atoms with Crippen molar-refractivity contribution in [1.29, 1.82) is 0 Å². The summed E-state index contributed by atoms with van der Waals surface area (Å²) >= 11 is 0. The van der Waals surface area contributed by atoms with Gasteiger partial charge in [-0.15, -0.1) is 0 Å². The average Bonchev–Trinajstić information content (AvgIpc) is 2.37. The van der Waals surface area contributed by atoms with Gasteiger partial charge >= 0.3 is 0 Å². The number of hydrazine groups is 1. The van der Waals surface area contributed by atoms with Crippen LogP contribution in [0.5, 0.6) is 0 Å². The van der Waals surface area contributed by atoms with Crippen LogP contribution in [-0.2, 0) is 14.8 Å². The maximum atomic E-state index is 12.6. The van der Waals surface area contributed by atoms with E-state index < -0.39 is 10.0 Å². The minimum absolute atomic E-state index is 0.0822. The van der Waals surface area contributed by atoms with Crippen LogP contribution in [0.2, 0.25) is 0 Å². The monoisotopic (exact) mass is 286 g/mol. The quantitative estimate of drug-likeness (QED) is 0.607. The lowest BCUT2D eigenvalue weighted by Gasteiger charge is -2.34. The first kappa shape index (κ1) is 14.2. The van der Waals surface area contributed by atoms with Crippen LogP contribution in [0.1, 0.15) is 13.8 Å². The number of nitrogen functional groups attached to an aromatic ring is 1. The number of pyridine rings is 1. The molecule has 1 aromatic rings. The van der Waals surface area contributed by atoms with Gasteiger partial charge in [0.2, 0.25) is 10.0 Å². The Hall–Kier alpha value is -1.22. The van der Waals surface area contributed by atoms with Crippen molar-refractivity contribution >= 4 is 15.7 Å². The number of nitrogens with one attached hydrogen (secondary N) is 1. The van der Waals surface area contributed by atoms with Crippen LogP contribution in [0, 0.1) is 0 Å². The van der Waals surface area contributed by atoms with Gasteiger partial charge in [-0.2, -0.15) is 4.31 Å². The molecule has 19 heavy (non-hydrogen) atoms. The van der Waals surface area contributed by atoms with Crippen LogP contribution in [-0.4, -0.2) is 43.0 Å². The van der Waals surface area contributed by atoms with Crippen molar-refractivity contribution < 1.29 is 13.2 Å². The number of aromatic nitrogens is 1. The largest absolute Gasteiger partial charge is 0.373 e. The molecule has 8 heteroatoms. The summed E-state index contributed by atoms with van der Waals surface area (Å²) < 4.78 is 32.1. The molecule has 3 N–H and O–H groups in total. The fourth-order valence-corrected chi connectivity index (χ4v) is 3.86. The van der Waals surface area contributed by atoms with Gasteiger partial charge < -0.3 is 10.2 Å². The summed E-state index contributed by atoms with van der Waals surface area (Å²) in [7, 11) is -3.62. The molecule has 2 unspecified atom stereocenters. The van der Waals surface area contributed by atoms with Crippen molar-refractivity contribution in [3.63, 3.8) is 0 Å². The zero-order chi connectivity index (χ0) is 14.0. The highest BCUT2D eigenvalue weighted by Crippen LogP contribution is 2.25. The van der Waals surface area contributed by atoms with Gasteiger partial charge in [-0.05, 0) is 19.9 Å². The maximum Gasteiger partial charge on any atom is 0.246 e. The first-order valence-corrected chi connectivity index (χ1v) is 7.45.